The number of hydrogen-bond donors (Lipinski definition) is 1. The molecular weight excluding hydrogens is 355 g/mol. The van der Waals surface area contributed by atoms with Crippen LogP contribution in [0.2, 0.25) is 5.02 Å². The maximum Gasteiger partial charge on any atom is 0.124 e. The molecule has 2 rings (SSSR count). The summed E-state index contributed by atoms with van der Waals surface area (Å²) in [7, 11) is 0. The van der Waals surface area contributed by atoms with Crippen LogP contribution in [0.4, 0.5) is 4.39 Å². The highest BCUT2D eigenvalue weighted by molar-refractivity contribution is 9.10. The molecule has 0 amide bonds. The zero-order valence-corrected chi connectivity index (χ0v) is 14.1. The summed E-state index contributed by atoms with van der Waals surface area (Å²) in [4.78, 5) is 4.39. The normalized spacial score (nSPS) is 12.4. The Bertz CT molecular complexity index is 589. The molecule has 5 heteroatoms. The van der Waals surface area contributed by atoms with Crippen molar-refractivity contribution in [2.24, 2.45) is 0 Å². The van der Waals surface area contributed by atoms with Crippen molar-refractivity contribution in [1.82, 2.24) is 10.3 Å². The van der Waals surface area contributed by atoms with Crippen LogP contribution < -0.4 is 5.32 Å². The van der Waals surface area contributed by atoms with E-state index < -0.39 is 0 Å². The quantitative estimate of drug-likeness (QED) is 0.779. The lowest BCUT2D eigenvalue weighted by molar-refractivity contribution is 0.523. The summed E-state index contributed by atoms with van der Waals surface area (Å²) in [6.45, 7) is 2.98. The smallest absolute Gasteiger partial charge is 0.124 e. The Morgan fingerprint density at radius 1 is 1.33 bits per heavy atom. The molecule has 1 atom stereocenters. The van der Waals surface area contributed by atoms with Gasteiger partial charge in [-0.2, -0.15) is 0 Å². The molecule has 1 heterocycles. The van der Waals surface area contributed by atoms with Gasteiger partial charge in [-0.1, -0.05) is 24.6 Å². The van der Waals surface area contributed by atoms with E-state index in [9.17, 15) is 4.39 Å². The van der Waals surface area contributed by atoms with Crippen LogP contribution in [0, 0.1) is 5.82 Å². The van der Waals surface area contributed by atoms with Crippen molar-refractivity contribution < 1.29 is 4.39 Å². The lowest BCUT2D eigenvalue weighted by atomic mass is 10.0. The molecule has 0 aliphatic rings. The van der Waals surface area contributed by atoms with E-state index >= 15 is 0 Å². The van der Waals surface area contributed by atoms with E-state index in [2.05, 4.69) is 33.2 Å². The lowest BCUT2D eigenvalue weighted by Crippen LogP contribution is -2.24. The van der Waals surface area contributed by atoms with E-state index in [4.69, 9.17) is 11.6 Å². The Morgan fingerprint density at radius 3 is 2.76 bits per heavy atom. The van der Waals surface area contributed by atoms with Crippen molar-refractivity contribution in [3.8, 4) is 0 Å². The summed E-state index contributed by atoms with van der Waals surface area (Å²) in [6.07, 6.45) is 3.50. The van der Waals surface area contributed by atoms with Crippen LogP contribution in [-0.2, 0) is 6.42 Å². The fraction of sp³-hybridized carbons (Fsp3) is 0.312. The number of nitrogens with one attached hydrogen (secondary N) is 1. The minimum absolute atomic E-state index is 0.0201. The molecule has 0 spiro atoms. The van der Waals surface area contributed by atoms with Gasteiger partial charge in [0.2, 0.25) is 0 Å². The summed E-state index contributed by atoms with van der Waals surface area (Å²) in [5.74, 6) is -0.320. The van der Waals surface area contributed by atoms with Gasteiger partial charge in [0.25, 0.3) is 0 Å². The standard InChI is InChI=1S/C16H17BrClFN2/c1-2-7-20-16(9-13-5-3-11(17)10-21-13)14-6-4-12(19)8-15(14)18/h3-6,8,10,16,20H,2,7,9H2,1H3. The Morgan fingerprint density at radius 2 is 2.14 bits per heavy atom. The van der Waals surface area contributed by atoms with Crippen LogP contribution in [-0.4, -0.2) is 11.5 Å². The predicted molar refractivity (Wildman–Crippen MR) is 88.1 cm³/mol. The van der Waals surface area contributed by atoms with Crippen molar-refractivity contribution >= 4 is 27.5 Å². The highest BCUT2D eigenvalue weighted by atomic mass is 79.9. The van der Waals surface area contributed by atoms with E-state index in [1.165, 1.54) is 12.1 Å². The van der Waals surface area contributed by atoms with E-state index in [1.807, 2.05) is 12.1 Å². The van der Waals surface area contributed by atoms with Crippen molar-refractivity contribution in [2.75, 3.05) is 6.54 Å². The first-order valence-electron chi connectivity index (χ1n) is 6.89. The van der Waals surface area contributed by atoms with Crippen molar-refractivity contribution in [1.29, 1.82) is 0 Å². The molecular formula is C16H17BrClFN2. The largest absolute Gasteiger partial charge is 0.310 e. The molecule has 1 aromatic heterocycles. The van der Waals surface area contributed by atoms with Gasteiger partial charge in [-0.25, -0.2) is 4.39 Å². The predicted octanol–water partition coefficient (Wildman–Crippen LogP) is 4.92. The summed E-state index contributed by atoms with van der Waals surface area (Å²) in [5.41, 5.74) is 1.86. The number of halogens is 3. The SMILES string of the molecule is CCCNC(Cc1ccc(Br)cn1)c1ccc(F)cc1Cl. The summed E-state index contributed by atoms with van der Waals surface area (Å²) >= 11 is 9.56. The number of benzene rings is 1. The van der Waals surface area contributed by atoms with Crippen molar-refractivity contribution in [3.05, 3.63) is 63.1 Å². The molecule has 1 unspecified atom stereocenters. The average Bonchev–Trinajstić information content (AvgIpc) is 2.46. The van der Waals surface area contributed by atoms with Crippen LogP contribution in [0.15, 0.2) is 41.0 Å². The van der Waals surface area contributed by atoms with Gasteiger partial charge in [-0.15, -0.1) is 0 Å². The maximum atomic E-state index is 13.2. The topological polar surface area (TPSA) is 24.9 Å². The van der Waals surface area contributed by atoms with Gasteiger partial charge in [0, 0.05) is 33.8 Å². The third-order valence-electron chi connectivity index (χ3n) is 3.18. The van der Waals surface area contributed by atoms with Crippen LogP contribution in [0.25, 0.3) is 0 Å². The molecule has 2 aromatic rings. The first-order valence-corrected chi connectivity index (χ1v) is 8.06. The molecule has 0 aliphatic carbocycles. The van der Waals surface area contributed by atoms with Crippen LogP contribution in [0.1, 0.15) is 30.6 Å². The molecule has 0 fully saturated rings. The second kappa shape index (κ2) is 7.87. The zero-order valence-electron chi connectivity index (χ0n) is 11.7. The minimum atomic E-state index is -0.320. The van der Waals surface area contributed by atoms with E-state index in [-0.39, 0.29) is 11.9 Å². The van der Waals surface area contributed by atoms with Gasteiger partial charge < -0.3 is 5.32 Å². The third kappa shape index (κ3) is 4.77. The Balaban J connectivity index is 2.22. The van der Waals surface area contributed by atoms with Crippen LogP contribution >= 0.6 is 27.5 Å². The maximum absolute atomic E-state index is 13.2. The Hall–Kier alpha value is -0.970. The van der Waals surface area contributed by atoms with Gasteiger partial charge in [0.15, 0.2) is 0 Å². The Kier molecular flexibility index (Phi) is 6.15. The highest BCUT2D eigenvalue weighted by Gasteiger charge is 2.16. The fourth-order valence-electron chi connectivity index (χ4n) is 2.13. The summed E-state index contributed by atoms with van der Waals surface area (Å²) < 4.78 is 14.2. The summed E-state index contributed by atoms with van der Waals surface area (Å²) in [5, 5.41) is 3.90. The molecule has 0 aliphatic heterocycles. The van der Waals surface area contributed by atoms with Crippen LogP contribution in [0.3, 0.4) is 0 Å². The lowest BCUT2D eigenvalue weighted by Gasteiger charge is -2.20. The number of hydrogen-bond acceptors (Lipinski definition) is 2. The number of pyridine rings is 1. The molecule has 0 radical (unpaired) electrons. The molecule has 1 N–H and O–H groups in total. The van der Waals surface area contributed by atoms with Gasteiger partial charge >= 0.3 is 0 Å². The van der Waals surface area contributed by atoms with Gasteiger partial charge in [0.1, 0.15) is 5.82 Å². The molecule has 1 aromatic carbocycles. The second-order valence-corrected chi connectivity index (χ2v) is 6.17. The zero-order chi connectivity index (χ0) is 15.2. The third-order valence-corrected chi connectivity index (χ3v) is 3.98. The van der Waals surface area contributed by atoms with Crippen LogP contribution in [0.5, 0.6) is 0 Å². The van der Waals surface area contributed by atoms with E-state index in [0.717, 1.165) is 28.7 Å². The summed E-state index contributed by atoms with van der Waals surface area (Å²) in [6, 6.07) is 8.49. The van der Waals surface area contributed by atoms with Crippen molar-refractivity contribution in [2.45, 2.75) is 25.8 Å². The minimum Gasteiger partial charge on any atom is -0.310 e. The molecule has 0 bridgehead atoms. The van der Waals surface area contributed by atoms with E-state index in [0.29, 0.717) is 11.4 Å². The first-order chi connectivity index (χ1) is 10.1. The van der Waals surface area contributed by atoms with Gasteiger partial charge in [-0.3, -0.25) is 4.98 Å². The average molecular weight is 372 g/mol. The first kappa shape index (κ1) is 16.4. The molecule has 0 saturated carbocycles. The molecule has 2 nitrogen and oxygen atoms in total. The van der Waals surface area contributed by atoms with Gasteiger partial charge in [0.05, 0.1) is 0 Å². The molecule has 0 saturated heterocycles. The fourth-order valence-corrected chi connectivity index (χ4v) is 2.66. The number of rotatable bonds is 6. The number of nitrogens with zero attached hydrogens (tertiary/aromatic N) is 1. The monoisotopic (exact) mass is 370 g/mol. The highest BCUT2D eigenvalue weighted by Crippen LogP contribution is 2.26. The van der Waals surface area contributed by atoms with Crippen molar-refractivity contribution in [3.63, 3.8) is 0 Å². The second-order valence-electron chi connectivity index (χ2n) is 4.84. The Labute approximate surface area is 137 Å². The number of aromatic nitrogens is 1. The van der Waals surface area contributed by atoms with E-state index in [1.54, 1.807) is 12.3 Å². The molecule has 21 heavy (non-hydrogen) atoms. The molecule has 112 valence electrons. The van der Waals surface area contributed by atoms with Gasteiger partial charge in [-0.05, 0) is 58.7 Å².